The summed E-state index contributed by atoms with van der Waals surface area (Å²) in [5, 5.41) is 3.55. The third kappa shape index (κ3) is 2.19. The van der Waals surface area contributed by atoms with Gasteiger partial charge < -0.3 is 9.73 Å². The van der Waals surface area contributed by atoms with Crippen molar-refractivity contribution in [2.45, 2.75) is 6.04 Å². The fourth-order valence-electron chi connectivity index (χ4n) is 1.50. The van der Waals surface area contributed by atoms with Gasteiger partial charge in [0.1, 0.15) is 5.76 Å². The summed E-state index contributed by atoms with van der Waals surface area (Å²) in [4.78, 5) is 4.07. The van der Waals surface area contributed by atoms with Crippen LogP contribution in [-0.2, 0) is 0 Å². The smallest absolute Gasteiger partial charge is 0.193 e. The van der Waals surface area contributed by atoms with Crippen molar-refractivity contribution in [1.29, 1.82) is 0 Å². The lowest BCUT2D eigenvalue weighted by atomic mass is 10.1. The van der Waals surface area contributed by atoms with E-state index in [1.807, 2.05) is 25.2 Å². The van der Waals surface area contributed by atoms with Crippen LogP contribution in [0.4, 0.5) is 0 Å². The molecule has 2 heterocycles. The molecule has 4 heteroatoms. The van der Waals surface area contributed by atoms with Crippen LogP contribution in [0.2, 0.25) is 5.22 Å². The molecular weight excluding hydrogens is 212 g/mol. The first-order chi connectivity index (χ1) is 7.31. The van der Waals surface area contributed by atoms with Crippen molar-refractivity contribution in [1.82, 2.24) is 10.3 Å². The molecule has 0 saturated heterocycles. The van der Waals surface area contributed by atoms with Gasteiger partial charge in [-0.3, -0.25) is 4.98 Å². The minimum atomic E-state index is -0.00815. The van der Waals surface area contributed by atoms with E-state index in [0.29, 0.717) is 5.22 Å². The van der Waals surface area contributed by atoms with E-state index in [0.717, 1.165) is 11.3 Å². The van der Waals surface area contributed by atoms with E-state index in [1.54, 1.807) is 18.5 Å². The first-order valence-corrected chi connectivity index (χ1v) is 5.01. The first-order valence-electron chi connectivity index (χ1n) is 4.63. The number of rotatable bonds is 3. The van der Waals surface area contributed by atoms with Crippen LogP contribution in [0.3, 0.4) is 0 Å². The zero-order chi connectivity index (χ0) is 10.7. The Hall–Kier alpha value is -1.32. The van der Waals surface area contributed by atoms with E-state index >= 15 is 0 Å². The van der Waals surface area contributed by atoms with E-state index in [4.69, 9.17) is 16.0 Å². The van der Waals surface area contributed by atoms with Crippen molar-refractivity contribution < 1.29 is 4.42 Å². The highest BCUT2D eigenvalue weighted by molar-refractivity contribution is 6.28. The van der Waals surface area contributed by atoms with Crippen LogP contribution in [0, 0.1) is 0 Å². The van der Waals surface area contributed by atoms with Crippen LogP contribution in [0.5, 0.6) is 0 Å². The second-order valence-corrected chi connectivity index (χ2v) is 3.52. The predicted octanol–water partition coefficient (Wildman–Crippen LogP) is 2.64. The minimum Gasteiger partial charge on any atom is -0.448 e. The summed E-state index contributed by atoms with van der Waals surface area (Å²) in [5.74, 6) is 0.788. The Morgan fingerprint density at radius 3 is 2.80 bits per heavy atom. The van der Waals surface area contributed by atoms with E-state index in [1.165, 1.54) is 0 Å². The number of hydrogen-bond acceptors (Lipinski definition) is 3. The van der Waals surface area contributed by atoms with Gasteiger partial charge in [-0.15, -0.1) is 0 Å². The molecule has 78 valence electrons. The van der Waals surface area contributed by atoms with Gasteiger partial charge in [-0.1, -0.05) is 6.07 Å². The maximum Gasteiger partial charge on any atom is 0.193 e. The van der Waals surface area contributed by atoms with E-state index < -0.39 is 0 Å². The number of halogens is 1. The minimum absolute atomic E-state index is 0.00815. The van der Waals surface area contributed by atoms with E-state index in [9.17, 15) is 0 Å². The van der Waals surface area contributed by atoms with Crippen LogP contribution in [0.25, 0.3) is 0 Å². The molecule has 0 aromatic carbocycles. The Bertz CT molecular complexity index is 427. The number of furan rings is 1. The SMILES string of the molecule is CNC(c1cccnc1)c1ccc(Cl)o1. The molecule has 0 bridgehead atoms. The Balaban J connectivity index is 2.33. The van der Waals surface area contributed by atoms with Crippen molar-refractivity contribution in [3.05, 3.63) is 53.2 Å². The molecule has 0 aliphatic carbocycles. The lowest BCUT2D eigenvalue weighted by Crippen LogP contribution is -2.16. The van der Waals surface area contributed by atoms with Gasteiger partial charge in [-0.05, 0) is 42.4 Å². The van der Waals surface area contributed by atoms with Gasteiger partial charge in [0, 0.05) is 12.4 Å². The molecule has 2 aromatic rings. The molecule has 15 heavy (non-hydrogen) atoms. The van der Waals surface area contributed by atoms with Crippen LogP contribution in [0.15, 0.2) is 41.1 Å². The van der Waals surface area contributed by atoms with Crippen molar-refractivity contribution in [2.75, 3.05) is 7.05 Å². The summed E-state index contributed by atoms with van der Waals surface area (Å²) in [5.41, 5.74) is 1.05. The van der Waals surface area contributed by atoms with Crippen molar-refractivity contribution >= 4 is 11.6 Å². The fourth-order valence-corrected chi connectivity index (χ4v) is 1.66. The number of pyridine rings is 1. The maximum atomic E-state index is 5.74. The molecular formula is C11H11ClN2O. The molecule has 1 N–H and O–H groups in total. The average molecular weight is 223 g/mol. The number of hydrogen-bond donors (Lipinski definition) is 1. The Kier molecular flexibility index (Phi) is 3.04. The summed E-state index contributed by atoms with van der Waals surface area (Å²) in [6, 6.07) is 7.47. The van der Waals surface area contributed by atoms with Gasteiger partial charge in [-0.25, -0.2) is 0 Å². The number of nitrogens with zero attached hydrogens (tertiary/aromatic N) is 1. The molecule has 2 rings (SSSR count). The lowest BCUT2D eigenvalue weighted by Gasteiger charge is -2.12. The summed E-state index contributed by atoms with van der Waals surface area (Å²) in [7, 11) is 1.87. The summed E-state index contributed by atoms with van der Waals surface area (Å²) in [6.07, 6.45) is 3.54. The molecule has 0 saturated carbocycles. The van der Waals surface area contributed by atoms with Gasteiger partial charge in [0.05, 0.1) is 6.04 Å². The molecule has 0 fully saturated rings. The Morgan fingerprint density at radius 1 is 1.40 bits per heavy atom. The standard InChI is InChI=1S/C11H11ClN2O/c1-13-11(8-3-2-6-14-7-8)9-4-5-10(12)15-9/h2-7,11,13H,1H3. The third-order valence-corrected chi connectivity index (χ3v) is 2.39. The quantitative estimate of drug-likeness (QED) is 0.868. The van der Waals surface area contributed by atoms with Gasteiger partial charge in [0.2, 0.25) is 0 Å². The van der Waals surface area contributed by atoms with Crippen LogP contribution in [-0.4, -0.2) is 12.0 Å². The highest BCUT2D eigenvalue weighted by Crippen LogP contribution is 2.24. The molecule has 3 nitrogen and oxygen atoms in total. The van der Waals surface area contributed by atoms with Crippen LogP contribution >= 0.6 is 11.6 Å². The molecule has 0 radical (unpaired) electrons. The molecule has 1 unspecified atom stereocenters. The largest absolute Gasteiger partial charge is 0.448 e. The van der Waals surface area contributed by atoms with Crippen molar-refractivity contribution in [3.8, 4) is 0 Å². The highest BCUT2D eigenvalue weighted by atomic mass is 35.5. The monoisotopic (exact) mass is 222 g/mol. The maximum absolute atomic E-state index is 5.74. The molecule has 0 aliphatic rings. The average Bonchev–Trinajstić information content (AvgIpc) is 2.68. The van der Waals surface area contributed by atoms with E-state index in [-0.39, 0.29) is 6.04 Å². The van der Waals surface area contributed by atoms with Crippen molar-refractivity contribution in [2.24, 2.45) is 0 Å². The zero-order valence-corrected chi connectivity index (χ0v) is 9.03. The van der Waals surface area contributed by atoms with Gasteiger partial charge in [-0.2, -0.15) is 0 Å². The van der Waals surface area contributed by atoms with E-state index in [2.05, 4.69) is 10.3 Å². The molecule has 2 aromatic heterocycles. The van der Waals surface area contributed by atoms with Crippen molar-refractivity contribution in [3.63, 3.8) is 0 Å². The Morgan fingerprint density at radius 2 is 2.27 bits per heavy atom. The van der Waals surface area contributed by atoms with Gasteiger partial charge >= 0.3 is 0 Å². The fraction of sp³-hybridized carbons (Fsp3) is 0.182. The lowest BCUT2D eigenvalue weighted by molar-refractivity contribution is 0.464. The molecule has 0 aliphatic heterocycles. The van der Waals surface area contributed by atoms with Crippen LogP contribution < -0.4 is 5.32 Å². The molecule has 0 spiro atoms. The second-order valence-electron chi connectivity index (χ2n) is 3.15. The third-order valence-electron chi connectivity index (χ3n) is 2.18. The zero-order valence-electron chi connectivity index (χ0n) is 8.27. The van der Waals surface area contributed by atoms with Gasteiger partial charge in [0.15, 0.2) is 5.22 Å². The summed E-state index contributed by atoms with van der Waals surface area (Å²) in [6.45, 7) is 0. The summed E-state index contributed by atoms with van der Waals surface area (Å²) >= 11 is 5.74. The molecule has 1 atom stereocenters. The first kappa shape index (κ1) is 10.2. The Labute approximate surface area is 93.1 Å². The normalized spacial score (nSPS) is 12.7. The second kappa shape index (κ2) is 4.47. The number of nitrogens with one attached hydrogen (secondary N) is 1. The number of aromatic nitrogens is 1. The predicted molar refractivity (Wildman–Crippen MR) is 58.9 cm³/mol. The van der Waals surface area contributed by atoms with Gasteiger partial charge in [0.25, 0.3) is 0 Å². The topological polar surface area (TPSA) is 38.1 Å². The highest BCUT2D eigenvalue weighted by Gasteiger charge is 2.15. The van der Waals surface area contributed by atoms with Crippen LogP contribution in [0.1, 0.15) is 17.4 Å². The molecule has 0 amide bonds. The summed E-state index contributed by atoms with van der Waals surface area (Å²) < 4.78 is 5.37.